The van der Waals surface area contributed by atoms with Crippen LogP contribution in [-0.4, -0.2) is 17.6 Å². The molecular weight excluding hydrogens is 250 g/mol. The van der Waals surface area contributed by atoms with Crippen molar-refractivity contribution < 1.29 is 9.90 Å². The number of phenolic OH excluding ortho intramolecular Hbond substituents is 1. The Kier molecular flexibility index (Phi) is 2.60. The maximum Gasteiger partial charge on any atom is 0.230 e. The minimum Gasteiger partial charge on any atom is -0.508 e. The molecule has 1 N–H and O–H groups in total. The molecule has 3 nitrogen and oxygen atoms in total. The van der Waals surface area contributed by atoms with Crippen molar-refractivity contribution in [1.29, 1.82) is 0 Å². The number of nitrogens with zero attached hydrogens (tertiary/aromatic N) is 1. The molecular formula is C17H21NO2. The van der Waals surface area contributed by atoms with Crippen LogP contribution in [0.15, 0.2) is 24.3 Å². The molecule has 3 fully saturated rings. The molecule has 1 aromatic rings. The van der Waals surface area contributed by atoms with Crippen molar-refractivity contribution in [3.05, 3.63) is 24.3 Å². The van der Waals surface area contributed by atoms with Gasteiger partial charge in [0, 0.05) is 24.2 Å². The number of fused-ring (bicyclic) bond motifs is 5. The first-order chi connectivity index (χ1) is 9.70. The highest BCUT2D eigenvalue weighted by Crippen LogP contribution is 2.69. The summed E-state index contributed by atoms with van der Waals surface area (Å²) in [6.45, 7) is 2.68. The first kappa shape index (κ1) is 12.2. The summed E-state index contributed by atoms with van der Waals surface area (Å²) in [6.07, 6.45) is 4.05. The monoisotopic (exact) mass is 271 g/mol. The lowest BCUT2D eigenvalue weighted by molar-refractivity contribution is -0.120. The van der Waals surface area contributed by atoms with Crippen molar-refractivity contribution in [3.63, 3.8) is 0 Å². The van der Waals surface area contributed by atoms with Crippen LogP contribution in [0.1, 0.15) is 26.2 Å². The van der Waals surface area contributed by atoms with Crippen LogP contribution in [0.3, 0.4) is 0 Å². The Morgan fingerprint density at radius 2 is 2.00 bits per heavy atom. The fourth-order valence-corrected chi connectivity index (χ4v) is 4.96. The van der Waals surface area contributed by atoms with Gasteiger partial charge in [-0.05, 0) is 62.0 Å². The van der Waals surface area contributed by atoms with Crippen molar-refractivity contribution in [3.8, 4) is 5.75 Å². The van der Waals surface area contributed by atoms with Crippen molar-refractivity contribution >= 4 is 11.6 Å². The van der Waals surface area contributed by atoms with E-state index in [1.807, 2.05) is 17.9 Å². The SMILES string of the molecule is CCN(C(=O)C1C2C3CCC(C3)C12)c1cccc(O)c1. The van der Waals surface area contributed by atoms with Crippen molar-refractivity contribution in [2.75, 3.05) is 11.4 Å². The molecule has 0 aliphatic heterocycles. The van der Waals surface area contributed by atoms with Gasteiger partial charge in [0.15, 0.2) is 0 Å². The third-order valence-electron chi connectivity index (χ3n) is 5.74. The van der Waals surface area contributed by atoms with Crippen LogP contribution in [0.2, 0.25) is 0 Å². The zero-order valence-electron chi connectivity index (χ0n) is 11.8. The number of hydrogen-bond acceptors (Lipinski definition) is 2. The molecule has 106 valence electrons. The zero-order valence-corrected chi connectivity index (χ0v) is 11.8. The Labute approximate surface area is 119 Å². The fourth-order valence-electron chi connectivity index (χ4n) is 4.96. The summed E-state index contributed by atoms with van der Waals surface area (Å²) >= 11 is 0. The lowest BCUT2D eigenvalue weighted by atomic mass is 10.0. The second-order valence-corrected chi connectivity index (χ2v) is 6.62. The second kappa shape index (κ2) is 4.24. The topological polar surface area (TPSA) is 40.5 Å². The molecule has 2 bridgehead atoms. The Hall–Kier alpha value is -1.51. The van der Waals surface area contributed by atoms with E-state index in [-0.39, 0.29) is 17.6 Å². The Bertz CT molecular complexity index is 540. The van der Waals surface area contributed by atoms with Crippen LogP contribution in [0, 0.1) is 29.6 Å². The Morgan fingerprint density at radius 1 is 1.30 bits per heavy atom. The van der Waals surface area contributed by atoms with Gasteiger partial charge in [-0.25, -0.2) is 0 Å². The quantitative estimate of drug-likeness (QED) is 0.918. The number of rotatable bonds is 3. The molecule has 3 aliphatic carbocycles. The van der Waals surface area contributed by atoms with Crippen LogP contribution >= 0.6 is 0 Å². The second-order valence-electron chi connectivity index (χ2n) is 6.62. The van der Waals surface area contributed by atoms with Gasteiger partial charge in [-0.3, -0.25) is 4.79 Å². The van der Waals surface area contributed by atoms with E-state index < -0.39 is 0 Å². The van der Waals surface area contributed by atoms with Gasteiger partial charge in [0.25, 0.3) is 0 Å². The summed E-state index contributed by atoms with van der Waals surface area (Å²) in [7, 11) is 0. The predicted octanol–water partition coefficient (Wildman–Crippen LogP) is 3.04. The largest absolute Gasteiger partial charge is 0.508 e. The number of aromatic hydroxyl groups is 1. The molecule has 0 heterocycles. The van der Waals surface area contributed by atoms with Crippen molar-refractivity contribution in [1.82, 2.24) is 0 Å². The lowest BCUT2D eigenvalue weighted by Gasteiger charge is -2.23. The number of hydrogen-bond donors (Lipinski definition) is 1. The molecule has 1 aromatic carbocycles. The highest BCUT2D eigenvalue weighted by atomic mass is 16.3. The van der Waals surface area contributed by atoms with Crippen LogP contribution in [0.5, 0.6) is 5.75 Å². The van der Waals surface area contributed by atoms with Gasteiger partial charge in [0.2, 0.25) is 5.91 Å². The number of phenols is 1. The van der Waals surface area contributed by atoms with E-state index in [9.17, 15) is 9.90 Å². The predicted molar refractivity (Wildman–Crippen MR) is 77.4 cm³/mol. The van der Waals surface area contributed by atoms with Gasteiger partial charge in [0.1, 0.15) is 5.75 Å². The normalized spacial score (nSPS) is 36.8. The van der Waals surface area contributed by atoms with Gasteiger partial charge >= 0.3 is 0 Å². The molecule has 0 radical (unpaired) electrons. The van der Waals surface area contributed by atoms with Crippen LogP contribution in [0.4, 0.5) is 5.69 Å². The maximum atomic E-state index is 12.8. The molecule has 0 spiro atoms. The summed E-state index contributed by atoms with van der Waals surface area (Å²) in [5.74, 6) is 3.77. The first-order valence-corrected chi connectivity index (χ1v) is 7.81. The molecule has 20 heavy (non-hydrogen) atoms. The number of amides is 1. The van der Waals surface area contributed by atoms with Gasteiger partial charge in [0.05, 0.1) is 0 Å². The smallest absolute Gasteiger partial charge is 0.230 e. The van der Waals surface area contributed by atoms with E-state index in [0.29, 0.717) is 18.4 Å². The summed E-state index contributed by atoms with van der Waals surface area (Å²) in [5, 5.41) is 9.61. The molecule has 0 aromatic heterocycles. The zero-order chi connectivity index (χ0) is 13.9. The highest BCUT2D eigenvalue weighted by Gasteiger charge is 2.67. The van der Waals surface area contributed by atoms with Crippen LogP contribution in [-0.2, 0) is 4.79 Å². The van der Waals surface area contributed by atoms with Gasteiger partial charge in [-0.1, -0.05) is 6.07 Å². The molecule has 4 rings (SSSR count). The van der Waals surface area contributed by atoms with E-state index in [0.717, 1.165) is 17.5 Å². The van der Waals surface area contributed by atoms with Gasteiger partial charge in [-0.15, -0.1) is 0 Å². The minimum absolute atomic E-state index is 0.227. The average molecular weight is 271 g/mol. The molecule has 4 unspecified atom stereocenters. The van der Waals surface area contributed by atoms with E-state index in [2.05, 4.69) is 0 Å². The molecule has 0 saturated heterocycles. The summed E-state index contributed by atoms with van der Waals surface area (Å²) in [4.78, 5) is 14.7. The highest BCUT2D eigenvalue weighted by molar-refractivity contribution is 5.97. The summed E-state index contributed by atoms with van der Waals surface area (Å²) < 4.78 is 0. The summed E-state index contributed by atoms with van der Waals surface area (Å²) in [5.41, 5.74) is 0.829. The number of carbonyl (C=O) groups is 1. The number of anilines is 1. The first-order valence-electron chi connectivity index (χ1n) is 7.81. The molecule has 3 aliphatic rings. The fraction of sp³-hybridized carbons (Fsp3) is 0.588. The standard InChI is InChI=1S/C17H21NO2/c1-2-18(12-4-3-5-13(19)9-12)17(20)16-14-10-6-7-11(8-10)15(14)16/h3-5,9-11,14-16,19H,2,6-8H2,1H3. The molecule has 1 amide bonds. The van der Waals surface area contributed by atoms with E-state index in [4.69, 9.17) is 0 Å². The summed E-state index contributed by atoms with van der Waals surface area (Å²) in [6, 6.07) is 7.05. The van der Waals surface area contributed by atoms with Crippen molar-refractivity contribution in [2.45, 2.75) is 26.2 Å². The Morgan fingerprint density at radius 3 is 2.60 bits per heavy atom. The molecule has 4 atom stereocenters. The maximum absolute atomic E-state index is 12.8. The van der Waals surface area contributed by atoms with Gasteiger partial charge < -0.3 is 10.0 Å². The minimum atomic E-state index is 0.227. The lowest BCUT2D eigenvalue weighted by Crippen LogP contribution is -2.33. The van der Waals surface area contributed by atoms with E-state index >= 15 is 0 Å². The molecule has 3 saturated carbocycles. The Balaban J connectivity index is 1.56. The van der Waals surface area contributed by atoms with Crippen LogP contribution < -0.4 is 4.90 Å². The van der Waals surface area contributed by atoms with Gasteiger partial charge in [-0.2, -0.15) is 0 Å². The number of benzene rings is 1. The van der Waals surface area contributed by atoms with E-state index in [1.54, 1.807) is 18.2 Å². The van der Waals surface area contributed by atoms with Crippen LogP contribution in [0.25, 0.3) is 0 Å². The van der Waals surface area contributed by atoms with E-state index in [1.165, 1.54) is 19.3 Å². The third-order valence-corrected chi connectivity index (χ3v) is 5.74. The number of carbonyl (C=O) groups excluding carboxylic acids is 1. The molecule has 3 heteroatoms. The van der Waals surface area contributed by atoms with Crippen molar-refractivity contribution in [2.24, 2.45) is 29.6 Å². The third kappa shape index (κ3) is 1.62. The average Bonchev–Trinajstić information content (AvgIpc) is 2.88.